The van der Waals surface area contributed by atoms with Gasteiger partial charge in [-0.15, -0.1) is 0 Å². The van der Waals surface area contributed by atoms with E-state index in [4.69, 9.17) is 4.84 Å². The summed E-state index contributed by atoms with van der Waals surface area (Å²) in [6.07, 6.45) is 0. The van der Waals surface area contributed by atoms with Crippen molar-refractivity contribution in [2.24, 2.45) is 0 Å². The molecule has 0 aromatic rings. The molecular formula is C9H13N3O5. The smallest absolute Gasteiger partial charge is 0.273 e. The first-order chi connectivity index (χ1) is 7.71. The van der Waals surface area contributed by atoms with Crippen LogP contribution in [-0.4, -0.2) is 53.2 Å². The van der Waals surface area contributed by atoms with Crippen molar-refractivity contribution >= 4 is 23.8 Å². The molecule has 0 unspecified atom stereocenters. The molecular weight excluding hydrogens is 230 g/mol. The van der Waals surface area contributed by atoms with E-state index < -0.39 is 29.4 Å². The van der Waals surface area contributed by atoms with Crippen LogP contribution in [0.4, 0.5) is 4.79 Å². The van der Waals surface area contributed by atoms with E-state index in [9.17, 15) is 19.2 Å². The number of hydrogen-bond donors (Lipinski definition) is 1. The highest BCUT2D eigenvalue weighted by Gasteiger charge is 2.54. The topological polar surface area (TPSA) is 96.0 Å². The van der Waals surface area contributed by atoms with E-state index in [0.29, 0.717) is 0 Å². The van der Waals surface area contributed by atoms with Gasteiger partial charge in [-0.1, -0.05) is 0 Å². The van der Waals surface area contributed by atoms with Crippen molar-refractivity contribution in [1.29, 1.82) is 0 Å². The van der Waals surface area contributed by atoms with E-state index in [2.05, 4.69) is 0 Å². The first-order valence-corrected chi connectivity index (χ1v) is 4.76. The molecule has 94 valence electrons. The molecule has 1 rings (SSSR count). The van der Waals surface area contributed by atoms with Gasteiger partial charge in [0, 0.05) is 21.0 Å². The third-order valence-corrected chi connectivity index (χ3v) is 2.40. The highest BCUT2D eigenvalue weighted by molar-refractivity contribution is 6.20. The van der Waals surface area contributed by atoms with Crippen LogP contribution in [0, 0.1) is 0 Å². The van der Waals surface area contributed by atoms with Gasteiger partial charge in [0.2, 0.25) is 11.5 Å². The second kappa shape index (κ2) is 4.13. The minimum absolute atomic E-state index is 0.561. The summed E-state index contributed by atoms with van der Waals surface area (Å²) >= 11 is 0. The van der Waals surface area contributed by atoms with Crippen LogP contribution in [0.2, 0.25) is 0 Å². The summed E-state index contributed by atoms with van der Waals surface area (Å²) in [6, 6.07) is -0.746. The number of amides is 5. The van der Waals surface area contributed by atoms with Crippen LogP contribution in [0.25, 0.3) is 0 Å². The van der Waals surface area contributed by atoms with Crippen LogP contribution in [-0.2, 0) is 19.2 Å². The van der Waals surface area contributed by atoms with Gasteiger partial charge in [0.1, 0.15) is 0 Å². The molecule has 0 radical (unpaired) electrons. The number of nitrogens with one attached hydrogen (secondary N) is 1. The molecule has 1 fully saturated rings. The molecule has 1 aliphatic rings. The maximum absolute atomic E-state index is 11.8. The molecule has 8 heteroatoms. The van der Waals surface area contributed by atoms with Crippen LogP contribution in [0.5, 0.6) is 0 Å². The van der Waals surface area contributed by atoms with E-state index in [1.807, 2.05) is 5.48 Å². The number of hydrogen-bond acceptors (Lipinski definition) is 5. The molecule has 8 nitrogen and oxygen atoms in total. The Morgan fingerprint density at radius 1 is 1.18 bits per heavy atom. The number of rotatable bonds is 2. The lowest BCUT2D eigenvalue weighted by molar-refractivity contribution is -0.184. The standard InChI is InChI=1S/C9H13N3O5/c1-5(13)10-17-9(2)6(14)11(3)8(16)12(4)7(9)15/h1-4H3,(H,10,13). The van der Waals surface area contributed by atoms with Crippen LogP contribution >= 0.6 is 0 Å². The predicted octanol–water partition coefficient (Wildman–Crippen LogP) is -1.14. The zero-order valence-corrected chi connectivity index (χ0v) is 9.94. The van der Waals surface area contributed by atoms with Gasteiger partial charge in [0.25, 0.3) is 11.8 Å². The summed E-state index contributed by atoms with van der Waals surface area (Å²) < 4.78 is 0. The molecule has 1 saturated heterocycles. The number of carbonyl (C=O) groups is 4. The molecule has 0 spiro atoms. The lowest BCUT2D eigenvalue weighted by Crippen LogP contribution is -2.67. The molecule has 0 bridgehead atoms. The quantitative estimate of drug-likeness (QED) is 0.488. The minimum atomic E-state index is -1.93. The van der Waals surface area contributed by atoms with Gasteiger partial charge in [-0.3, -0.25) is 24.2 Å². The molecule has 0 atom stereocenters. The molecule has 1 aliphatic heterocycles. The number of likely N-dealkylation sites (N-methyl/N-ethyl adjacent to an activating group) is 2. The molecule has 0 aromatic carbocycles. The Kier molecular flexibility index (Phi) is 3.18. The fourth-order valence-electron chi connectivity index (χ4n) is 1.39. The van der Waals surface area contributed by atoms with E-state index in [1.54, 1.807) is 0 Å². The van der Waals surface area contributed by atoms with Crippen LogP contribution in [0.1, 0.15) is 13.8 Å². The van der Waals surface area contributed by atoms with E-state index in [0.717, 1.165) is 9.80 Å². The Morgan fingerprint density at radius 3 is 1.94 bits per heavy atom. The maximum atomic E-state index is 11.8. The highest BCUT2D eigenvalue weighted by Crippen LogP contribution is 2.22. The second-order valence-electron chi connectivity index (χ2n) is 3.80. The Hall–Kier alpha value is -1.96. The van der Waals surface area contributed by atoms with Gasteiger partial charge in [-0.05, 0) is 6.92 Å². The molecule has 1 N–H and O–H groups in total. The summed E-state index contributed by atoms with van der Waals surface area (Å²) in [6.45, 7) is 2.35. The summed E-state index contributed by atoms with van der Waals surface area (Å²) in [7, 11) is 2.45. The van der Waals surface area contributed by atoms with Crippen molar-refractivity contribution in [3.8, 4) is 0 Å². The zero-order chi connectivity index (χ0) is 13.4. The Morgan fingerprint density at radius 2 is 1.59 bits per heavy atom. The average Bonchev–Trinajstić information content (AvgIpc) is 2.29. The van der Waals surface area contributed by atoms with Gasteiger partial charge < -0.3 is 0 Å². The minimum Gasteiger partial charge on any atom is -0.273 e. The monoisotopic (exact) mass is 243 g/mol. The normalized spacial score (nSPS) is 19.6. The number of imide groups is 2. The summed E-state index contributed by atoms with van der Waals surface area (Å²) in [5, 5.41) is 0. The van der Waals surface area contributed by atoms with Gasteiger partial charge in [0.05, 0.1) is 0 Å². The highest BCUT2D eigenvalue weighted by atomic mass is 16.7. The van der Waals surface area contributed by atoms with Gasteiger partial charge in [0.15, 0.2) is 0 Å². The van der Waals surface area contributed by atoms with Crippen molar-refractivity contribution in [3.63, 3.8) is 0 Å². The van der Waals surface area contributed by atoms with Crippen molar-refractivity contribution in [2.45, 2.75) is 19.4 Å². The number of nitrogens with zero attached hydrogens (tertiary/aromatic N) is 2. The van der Waals surface area contributed by atoms with Gasteiger partial charge in [-0.25, -0.2) is 15.1 Å². The van der Waals surface area contributed by atoms with E-state index >= 15 is 0 Å². The predicted molar refractivity (Wildman–Crippen MR) is 54.2 cm³/mol. The van der Waals surface area contributed by atoms with Gasteiger partial charge in [-0.2, -0.15) is 0 Å². The number of carbonyl (C=O) groups excluding carboxylic acids is 4. The first kappa shape index (κ1) is 13.1. The Bertz CT molecular complexity index is 381. The third-order valence-electron chi connectivity index (χ3n) is 2.40. The number of urea groups is 1. The van der Waals surface area contributed by atoms with Crippen molar-refractivity contribution in [1.82, 2.24) is 15.3 Å². The van der Waals surface area contributed by atoms with Crippen LogP contribution in [0.3, 0.4) is 0 Å². The number of hydroxylamine groups is 1. The fourth-order valence-corrected chi connectivity index (χ4v) is 1.39. The fraction of sp³-hybridized carbons (Fsp3) is 0.556. The molecule has 5 amide bonds. The lowest BCUT2D eigenvalue weighted by Gasteiger charge is -2.38. The Labute approximate surface area is 97.4 Å². The van der Waals surface area contributed by atoms with Crippen molar-refractivity contribution < 1.29 is 24.0 Å². The van der Waals surface area contributed by atoms with Crippen LogP contribution < -0.4 is 5.48 Å². The summed E-state index contributed by atoms with van der Waals surface area (Å²) in [5.74, 6) is -2.23. The molecule has 0 saturated carbocycles. The Balaban J connectivity index is 3.03. The largest absolute Gasteiger partial charge is 0.333 e. The first-order valence-electron chi connectivity index (χ1n) is 4.76. The average molecular weight is 243 g/mol. The molecule has 0 aliphatic carbocycles. The van der Waals surface area contributed by atoms with Crippen molar-refractivity contribution in [2.75, 3.05) is 14.1 Å². The van der Waals surface area contributed by atoms with Crippen LogP contribution in [0.15, 0.2) is 0 Å². The maximum Gasteiger partial charge on any atom is 0.333 e. The van der Waals surface area contributed by atoms with Crippen molar-refractivity contribution in [3.05, 3.63) is 0 Å². The van der Waals surface area contributed by atoms with Gasteiger partial charge >= 0.3 is 6.03 Å². The number of barbiturate groups is 1. The SMILES string of the molecule is CC(=O)NOC1(C)C(=O)N(C)C(=O)N(C)C1=O. The summed E-state index contributed by atoms with van der Waals surface area (Å²) in [5.41, 5.74) is -0.000216. The summed E-state index contributed by atoms with van der Waals surface area (Å²) in [4.78, 5) is 52.1. The molecule has 1 heterocycles. The third kappa shape index (κ3) is 1.98. The zero-order valence-electron chi connectivity index (χ0n) is 9.94. The van der Waals surface area contributed by atoms with E-state index in [1.165, 1.54) is 27.9 Å². The molecule has 0 aromatic heterocycles. The molecule has 17 heavy (non-hydrogen) atoms. The second-order valence-corrected chi connectivity index (χ2v) is 3.80. The van der Waals surface area contributed by atoms with E-state index in [-0.39, 0.29) is 0 Å². The lowest BCUT2D eigenvalue weighted by atomic mass is 10.0.